The minimum Gasteiger partial charge on any atom is -0.497 e. The van der Waals surface area contributed by atoms with Gasteiger partial charge in [0.2, 0.25) is 9.84 Å². The molecule has 160 valence electrons. The second kappa shape index (κ2) is 8.35. The first kappa shape index (κ1) is 21.6. The second-order valence-electron chi connectivity index (χ2n) is 7.71. The summed E-state index contributed by atoms with van der Waals surface area (Å²) in [7, 11) is -2.32. The highest BCUT2D eigenvalue weighted by Gasteiger charge is 2.24. The zero-order valence-electron chi connectivity index (χ0n) is 17.4. The van der Waals surface area contributed by atoms with Crippen LogP contribution in [-0.2, 0) is 21.0 Å². The molecule has 0 aliphatic carbocycles. The predicted octanol–water partition coefficient (Wildman–Crippen LogP) is 3.47. The van der Waals surface area contributed by atoms with Crippen molar-refractivity contribution in [1.82, 2.24) is 15.3 Å². The van der Waals surface area contributed by atoms with E-state index in [2.05, 4.69) is 15.3 Å². The first-order valence-electron chi connectivity index (χ1n) is 9.43. The molecule has 8 nitrogen and oxygen atoms in total. The lowest BCUT2D eigenvalue weighted by molar-refractivity contribution is 0.0528. The van der Waals surface area contributed by atoms with Crippen molar-refractivity contribution in [3.63, 3.8) is 0 Å². The molecule has 0 fully saturated rings. The molecule has 2 N–H and O–H groups in total. The molecule has 2 heterocycles. The quantitative estimate of drug-likeness (QED) is 0.618. The lowest BCUT2D eigenvalue weighted by Gasteiger charge is -2.19. The topological polar surface area (TPSA) is 110 Å². The number of aromatic amines is 1. The molecule has 3 aromatic rings. The molecule has 2 aromatic heterocycles. The summed E-state index contributed by atoms with van der Waals surface area (Å²) in [6.45, 7) is 5.64. The SMILES string of the molecule is COc1cccc(S(=O)(=O)c2ccnc3[nH]cc(CCNC(=O)OC(C)(C)C)c23)c1. The second-order valence-corrected chi connectivity index (χ2v) is 9.63. The third-order valence-electron chi connectivity index (χ3n) is 4.32. The summed E-state index contributed by atoms with van der Waals surface area (Å²) >= 11 is 0. The molecule has 0 aliphatic heterocycles. The molecule has 0 saturated heterocycles. The minimum atomic E-state index is -3.81. The largest absolute Gasteiger partial charge is 0.497 e. The lowest BCUT2D eigenvalue weighted by atomic mass is 10.1. The van der Waals surface area contributed by atoms with Crippen molar-refractivity contribution in [2.45, 2.75) is 42.6 Å². The standard InChI is InChI=1S/C21H25N3O5S/c1-21(2,3)29-20(25)23-10-8-14-13-24-19-18(14)17(9-11-22-19)30(26,27)16-7-5-6-15(12-16)28-4/h5-7,9,11-13H,8,10H2,1-4H3,(H,22,24)(H,23,25). The van der Waals surface area contributed by atoms with Crippen LogP contribution in [0.3, 0.4) is 0 Å². The number of H-pyrrole nitrogens is 1. The van der Waals surface area contributed by atoms with Gasteiger partial charge in [-0.3, -0.25) is 0 Å². The van der Waals surface area contributed by atoms with E-state index in [1.807, 2.05) is 0 Å². The van der Waals surface area contributed by atoms with Crippen molar-refractivity contribution in [3.05, 3.63) is 48.3 Å². The summed E-state index contributed by atoms with van der Waals surface area (Å²) in [6, 6.07) is 7.81. The van der Waals surface area contributed by atoms with Gasteiger partial charge in [-0.2, -0.15) is 0 Å². The normalized spacial score (nSPS) is 12.0. The Hall–Kier alpha value is -3.07. The maximum Gasteiger partial charge on any atom is 0.407 e. The third kappa shape index (κ3) is 4.73. The van der Waals surface area contributed by atoms with Crippen LogP contribution in [0.5, 0.6) is 5.75 Å². The van der Waals surface area contributed by atoms with Crippen molar-refractivity contribution < 1.29 is 22.7 Å². The molecule has 0 aliphatic rings. The fourth-order valence-corrected chi connectivity index (χ4v) is 4.54. The number of nitrogens with one attached hydrogen (secondary N) is 2. The summed E-state index contributed by atoms with van der Waals surface area (Å²) < 4.78 is 37.0. The van der Waals surface area contributed by atoms with Gasteiger partial charge in [0, 0.05) is 24.3 Å². The summed E-state index contributed by atoms with van der Waals surface area (Å²) in [5.74, 6) is 0.456. The van der Waals surface area contributed by atoms with Crippen LogP contribution in [0.25, 0.3) is 11.0 Å². The van der Waals surface area contributed by atoms with E-state index in [1.54, 1.807) is 39.1 Å². The molecule has 30 heavy (non-hydrogen) atoms. The highest BCUT2D eigenvalue weighted by Crippen LogP contribution is 2.31. The van der Waals surface area contributed by atoms with Gasteiger partial charge in [-0.25, -0.2) is 18.2 Å². The monoisotopic (exact) mass is 431 g/mol. The summed E-state index contributed by atoms with van der Waals surface area (Å²) in [6.07, 6.45) is 3.05. The van der Waals surface area contributed by atoms with Gasteiger partial charge in [-0.05, 0) is 57.0 Å². The Bertz CT molecular complexity index is 1160. The number of carbonyl (C=O) groups excluding carboxylic acids is 1. The summed E-state index contributed by atoms with van der Waals surface area (Å²) in [5, 5.41) is 3.19. The number of fused-ring (bicyclic) bond motifs is 1. The van der Waals surface area contributed by atoms with E-state index >= 15 is 0 Å². The number of ether oxygens (including phenoxy) is 2. The van der Waals surface area contributed by atoms with E-state index < -0.39 is 21.5 Å². The zero-order valence-corrected chi connectivity index (χ0v) is 18.2. The number of aromatic nitrogens is 2. The van der Waals surface area contributed by atoms with Crippen molar-refractivity contribution in [2.75, 3.05) is 13.7 Å². The predicted molar refractivity (Wildman–Crippen MR) is 112 cm³/mol. The Kier molecular flexibility index (Phi) is 6.02. The number of hydrogen-bond acceptors (Lipinski definition) is 6. The molecular weight excluding hydrogens is 406 g/mol. The van der Waals surface area contributed by atoms with Crippen molar-refractivity contribution in [3.8, 4) is 5.75 Å². The zero-order chi connectivity index (χ0) is 21.9. The highest BCUT2D eigenvalue weighted by atomic mass is 32.2. The Balaban J connectivity index is 1.90. The van der Waals surface area contributed by atoms with E-state index in [0.717, 1.165) is 5.56 Å². The molecule has 0 bridgehead atoms. The number of methoxy groups -OCH3 is 1. The van der Waals surface area contributed by atoms with Gasteiger partial charge in [0.05, 0.1) is 16.9 Å². The number of rotatable bonds is 6. The van der Waals surface area contributed by atoms with Crippen LogP contribution < -0.4 is 10.1 Å². The first-order valence-corrected chi connectivity index (χ1v) is 10.9. The fourth-order valence-electron chi connectivity index (χ4n) is 3.02. The molecule has 1 amide bonds. The van der Waals surface area contributed by atoms with E-state index in [1.165, 1.54) is 31.5 Å². The fraction of sp³-hybridized carbons (Fsp3) is 0.333. The van der Waals surface area contributed by atoms with E-state index in [-0.39, 0.29) is 16.3 Å². The number of hydrogen-bond donors (Lipinski definition) is 2. The number of sulfone groups is 1. The average molecular weight is 432 g/mol. The third-order valence-corrected chi connectivity index (χ3v) is 6.11. The number of carbonyl (C=O) groups is 1. The van der Waals surface area contributed by atoms with Gasteiger partial charge in [0.1, 0.15) is 17.0 Å². The van der Waals surface area contributed by atoms with Crippen LogP contribution in [0.15, 0.2) is 52.5 Å². The van der Waals surface area contributed by atoms with Crippen molar-refractivity contribution in [2.24, 2.45) is 0 Å². The van der Waals surface area contributed by atoms with E-state index in [9.17, 15) is 13.2 Å². The number of alkyl carbamates (subject to hydrolysis) is 1. The van der Waals surface area contributed by atoms with Crippen molar-refractivity contribution in [1.29, 1.82) is 0 Å². The Morgan fingerprint density at radius 2 is 2.00 bits per heavy atom. The van der Waals surface area contributed by atoms with Gasteiger partial charge in [-0.1, -0.05) is 6.07 Å². The molecule has 0 saturated carbocycles. The first-order chi connectivity index (χ1) is 14.1. The Morgan fingerprint density at radius 3 is 2.70 bits per heavy atom. The molecule has 0 spiro atoms. The molecule has 0 atom stereocenters. The average Bonchev–Trinajstić information content (AvgIpc) is 3.10. The smallest absolute Gasteiger partial charge is 0.407 e. The summed E-state index contributed by atoms with van der Waals surface area (Å²) in [4.78, 5) is 19.4. The van der Waals surface area contributed by atoms with Crippen molar-refractivity contribution >= 4 is 27.0 Å². The number of nitrogens with zero attached hydrogens (tertiary/aromatic N) is 1. The number of amides is 1. The van der Waals surface area contributed by atoms with Crippen LogP contribution in [-0.4, -0.2) is 43.7 Å². The van der Waals surface area contributed by atoms with Gasteiger partial charge in [0.15, 0.2) is 0 Å². The minimum absolute atomic E-state index is 0.133. The maximum absolute atomic E-state index is 13.3. The van der Waals surface area contributed by atoms with Crippen LogP contribution in [0.2, 0.25) is 0 Å². The van der Waals surface area contributed by atoms with Crippen LogP contribution >= 0.6 is 0 Å². The molecule has 0 radical (unpaired) electrons. The highest BCUT2D eigenvalue weighted by molar-refractivity contribution is 7.91. The Morgan fingerprint density at radius 1 is 1.23 bits per heavy atom. The molecule has 9 heteroatoms. The summed E-state index contributed by atoms with van der Waals surface area (Å²) in [5.41, 5.74) is 0.606. The van der Waals surface area contributed by atoms with E-state index in [0.29, 0.717) is 23.2 Å². The maximum atomic E-state index is 13.3. The van der Waals surface area contributed by atoms with E-state index in [4.69, 9.17) is 9.47 Å². The van der Waals surface area contributed by atoms with Gasteiger partial charge < -0.3 is 19.8 Å². The lowest BCUT2D eigenvalue weighted by Crippen LogP contribution is -2.33. The van der Waals surface area contributed by atoms with Gasteiger partial charge in [-0.15, -0.1) is 0 Å². The van der Waals surface area contributed by atoms with Gasteiger partial charge in [0.25, 0.3) is 0 Å². The number of pyridine rings is 1. The molecule has 1 aromatic carbocycles. The molecule has 3 rings (SSSR count). The van der Waals surface area contributed by atoms with Crippen LogP contribution in [0, 0.1) is 0 Å². The van der Waals surface area contributed by atoms with Crippen LogP contribution in [0.1, 0.15) is 26.3 Å². The molecular formula is C21H25N3O5S. The van der Waals surface area contributed by atoms with Gasteiger partial charge >= 0.3 is 6.09 Å². The number of benzene rings is 1. The molecule has 0 unspecified atom stereocenters. The Labute approximate surface area is 175 Å². The van der Waals surface area contributed by atoms with Crippen LogP contribution in [0.4, 0.5) is 4.79 Å².